The van der Waals surface area contributed by atoms with Crippen LogP contribution in [-0.4, -0.2) is 19.0 Å². The number of ketones is 1. The zero-order valence-electron chi connectivity index (χ0n) is 6.01. The van der Waals surface area contributed by atoms with Gasteiger partial charge in [0, 0.05) is 13.3 Å². The van der Waals surface area contributed by atoms with Crippen molar-refractivity contribution in [2.24, 2.45) is 4.99 Å². The number of hydrogen-bond donors (Lipinski definition) is 0. The van der Waals surface area contributed by atoms with Gasteiger partial charge >= 0.3 is 0 Å². The number of nitrogens with zero attached hydrogens (tertiary/aromatic N) is 1. The summed E-state index contributed by atoms with van der Waals surface area (Å²) in [5.41, 5.74) is 0.737. The minimum atomic E-state index is 0.0925. The molecule has 0 radical (unpaired) electrons. The lowest BCUT2D eigenvalue weighted by Gasteiger charge is -1.86. The Labute approximate surface area is 55.3 Å². The number of hydrogen-bond acceptors (Lipinski definition) is 2. The number of rotatable bonds is 2. The monoisotopic (exact) mass is 125 g/mol. The van der Waals surface area contributed by atoms with Gasteiger partial charge in [-0.1, -0.05) is 0 Å². The SMILES string of the molecule is C/N=C\C=C(/C)C(C)=O. The Morgan fingerprint density at radius 3 is 2.33 bits per heavy atom. The van der Waals surface area contributed by atoms with E-state index in [4.69, 9.17) is 0 Å². The molecule has 0 heterocycles. The minimum Gasteiger partial charge on any atom is -0.297 e. The molecule has 0 N–H and O–H groups in total. The molecule has 0 spiro atoms. The zero-order valence-corrected chi connectivity index (χ0v) is 6.01. The highest BCUT2D eigenvalue weighted by Crippen LogP contribution is 1.90. The maximum atomic E-state index is 10.5. The van der Waals surface area contributed by atoms with Crippen molar-refractivity contribution in [1.82, 2.24) is 0 Å². The minimum absolute atomic E-state index is 0.0925. The second-order valence-corrected chi connectivity index (χ2v) is 1.81. The lowest BCUT2D eigenvalue weighted by molar-refractivity contribution is -0.113. The molecule has 0 atom stereocenters. The van der Waals surface area contributed by atoms with Gasteiger partial charge in [-0.3, -0.25) is 9.79 Å². The van der Waals surface area contributed by atoms with Crippen LogP contribution in [0.15, 0.2) is 16.6 Å². The van der Waals surface area contributed by atoms with Crippen LogP contribution in [0.2, 0.25) is 0 Å². The number of aliphatic imine (C=N–C) groups is 1. The van der Waals surface area contributed by atoms with Crippen LogP contribution in [0.1, 0.15) is 13.8 Å². The molecule has 50 valence electrons. The van der Waals surface area contributed by atoms with Gasteiger partial charge in [0.05, 0.1) is 0 Å². The van der Waals surface area contributed by atoms with Crippen LogP contribution in [0.25, 0.3) is 0 Å². The highest BCUT2D eigenvalue weighted by Gasteiger charge is 1.90. The molecule has 0 saturated carbocycles. The average Bonchev–Trinajstić information content (AvgIpc) is 1.82. The van der Waals surface area contributed by atoms with Crippen molar-refractivity contribution in [3.8, 4) is 0 Å². The van der Waals surface area contributed by atoms with Gasteiger partial charge in [0.25, 0.3) is 0 Å². The lowest BCUT2D eigenvalue weighted by atomic mass is 10.2. The molecule has 0 aromatic rings. The van der Waals surface area contributed by atoms with E-state index in [1.807, 2.05) is 0 Å². The summed E-state index contributed by atoms with van der Waals surface area (Å²) in [6, 6.07) is 0. The Hall–Kier alpha value is -0.920. The van der Waals surface area contributed by atoms with Crippen LogP contribution >= 0.6 is 0 Å². The first-order valence-electron chi connectivity index (χ1n) is 2.78. The molecule has 0 aliphatic heterocycles. The number of carbonyl (C=O) groups is 1. The summed E-state index contributed by atoms with van der Waals surface area (Å²) in [7, 11) is 1.67. The predicted molar refractivity (Wildman–Crippen MR) is 38.9 cm³/mol. The number of carbonyl (C=O) groups excluding carboxylic acids is 1. The van der Waals surface area contributed by atoms with Crippen molar-refractivity contribution in [2.75, 3.05) is 7.05 Å². The van der Waals surface area contributed by atoms with Crippen molar-refractivity contribution in [3.05, 3.63) is 11.6 Å². The van der Waals surface area contributed by atoms with Crippen LogP contribution in [0.3, 0.4) is 0 Å². The van der Waals surface area contributed by atoms with Gasteiger partial charge in [0.2, 0.25) is 0 Å². The molecular weight excluding hydrogens is 114 g/mol. The van der Waals surface area contributed by atoms with E-state index in [0.29, 0.717) is 0 Å². The molecule has 0 aromatic heterocycles. The smallest absolute Gasteiger partial charge is 0.155 e. The molecule has 9 heavy (non-hydrogen) atoms. The number of allylic oxidation sites excluding steroid dienone is 2. The van der Waals surface area contributed by atoms with Crippen LogP contribution in [0.5, 0.6) is 0 Å². The molecule has 0 aliphatic carbocycles. The standard InChI is InChI=1S/C7H11NO/c1-6(7(2)9)4-5-8-3/h4-5H,1-3H3/b6-4+,8-5-. The van der Waals surface area contributed by atoms with Crippen LogP contribution in [-0.2, 0) is 4.79 Å². The highest BCUT2D eigenvalue weighted by atomic mass is 16.1. The third-order valence-electron chi connectivity index (χ3n) is 1.03. The Bertz CT molecular complexity index is 156. The van der Waals surface area contributed by atoms with E-state index < -0.39 is 0 Å². The maximum absolute atomic E-state index is 10.5. The second-order valence-electron chi connectivity index (χ2n) is 1.81. The van der Waals surface area contributed by atoms with Crippen molar-refractivity contribution in [1.29, 1.82) is 0 Å². The largest absolute Gasteiger partial charge is 0.297 e. The first-order chi connectivity index (χ1) is 4.18. The Kier molecular flexibility index (Phi) is 3.60. The fourth-order valence-corrected chi connectivity index (χ4v) is 0.304. The molecule has 2 nitrogen and oxygen atoms in total. The van der Waals surface area contributed by atoms with E-state index in [0.717, 1.165) is 5.57 Å². The third-order valence-corrected chi connectivity index (χ3v) is 1.03. The van der Waals surface area contributed by atoms with Gasteiger partial charge in [0.1, 0.15) is 0 Å². The van der Waals surface area contributed by atoms with Crippen LogP contribution in [0, 0.1) is 0 Å². The molecule has 0 bridgehead atoms. The Morgan fingerprint density at radius 1 is 1.44 bits per heavy atom. The van der Waals surface area contributed by atoms with Gasteiger partial charge in [-0.15, -0.1) is 0 Å². The van der Waals surface area contributed by atoms with Gasteiger partial charge in [-0.05, 0) is 25.5 Å². The van der Waals surface area contributed by atoms with Gasteiger partial charge in [-0.2, -0.15) is 0 Å². The van der Waals surface area contributed by atoms with E-state index in [1.54, 1.807) is 26.3 Å². The summed E-state index contributed by atoms with van der Waals surface area (Å²) >= 11 is 0. The fourth-order valence-electron chi connectivity index (χ4n) is 0.304. The van der Waals surface area contributed by atoms with Gasteiger partial charge in [0.15, 0.2) is 5.78 Å². The average molecular weight is 125 g/mol. The molecule has 0 unspecified atom stereocenters. The fraction of sp³-hybridized carbons (Fsp3) is 0.429. The van der Waals surface area contributed by atoms with E-state index in [1.165, 1.54) is 6.92 Å². The maximum Gasteiger partial charge on any atom is 0.155 e. The molecule has 0 aromatic carbocycles. The third kappa shape index (κ3) is 3.64. The highest BCUT2D eigenvalue weighted by molar-refractivity contribution is 5.96. The van der Waals surface area contributed by atoms with Gasteiger partial charge in [-0.25, -0.2) is 0 Å². The predicted octanol–water partition coefficient (Wildman–Crippen LogP) is 1.22. The second kappa shape index (κ2) is 4.01. The first-order valence-corrected chi connectivity index (χ1v) is 2.78. The first kappa shape index (κ1) is 8.08. The van der Waals surface area contributed by atoms with E-state index in [9.17, 15) is 4.79 Å². The van der Waals surface area contributed by atoms with Crippen molar-refractivity contribution in [3.63, 3.8) is 0 Å². The topological polar surface area (TPSA) is 29.4 Å². The van der Waals surface area contributed by atoms with Crippen LogP contribution < -0.4 is 0 Å². The summed E-state index contributed by atoms with van der Waals surface area (Å²) in [4.78, 5) is 14.2. The summed E-state index contributed by atoms with van der Waals surface area (Å²) in [5, 5.41) is 0. The van der Waals surface area contributed by atoms with Gasteiger partial charge < -0.3 is 0 Å². The zero-order chi connectivity index (χ0) is 7.28. The molecule has 0 fully saturated rings. The summed E-state index contributed by atoms with van der Waals surface area (Å²) in [6.45, 7) is 3.30. The lowest BCUT2D eigenvalue weighted by Crippen LogP contribution is -1.90. The molecule has 2 heteroatoms. The van der Waals surface area contributed by atoms with E-state index >= 15 is 0 Å². The van der Waals surface area contributed by atoms with E-state index in [2.05, 4.69) is 4.99 Å². The van der Waals surface area contributed by atoms with Crippen molar-refractivity contribution < 1.29 is 4.79 Å². The molecule has 0 amide bonds. The Balaban J connectivity index is 4.00. The molecule has 0 rings (SSSR count). The molecule has 0 aliphatic rings. The van der Waals surface area contributed by atoms with Crippen molar-refractivity contribution in [2.45, 2.75) is 13.8 Å². The molecular formula is C7H11NO. The summed E-state index contributed by atoms with van der Waals surface area (Å²) in [6.07, 6.45) is 3.30. The quantitative estimate of drug-likeness (QED) is 0.403. The normalized spacial score (nSPS) is 12.6. The summed E-state index contributed by atoms with van der Waals surface area (Å²) in [5.74, 6) is 0.0925. The number of Topliss-reactive ketones (excluding diaryl/α,β-unsaturated/α-hetero) is 1. The van der Waals surface area contributed by atoms with Crippen molar-refractivity contribution >= 4 is 12.0 Å². The summed E-state index contributed by atoms with van der Waals surface area (Å²) < 4.78 is 0. The van der Waals surface area contributed by atoms with E-state index in [-0.39, 0.29) is 5.78 Å². The Morgan fingerprint density at radius 2 is 2.00 bits per heavy atom. The van der Waals surface area contributed by atoms with Crippen LogP contribution in [0.4, 0.5) is 0 Å². The molecule has 0 saturated heterocycles.